The number of halogens is 1. The Morgan fingerprint density at radius 2 is 2.19 bits per heavy atom. The molecule has 2 rings (SSSR count). The van der Waals surface area contributed by atoms with Crippen LogP contribution in [-0.4, -0.2) is 4.98 Å². The number of benzene rings is 1. The van der Waals surface area contributed by atoms with Gasteiger partial charge in [-0.3, -0.25) is 0 Å². The largest absolute Gasteiger partial charge is 0.375 e. The number of rotatable bonds is 2. The van der Waals surface area contributed by atoms with Crippen molar-refractivity contribution in [2.45, 2.75) is 20.3 Å². The number of hydrogen-bond acceptors (Lipinski definition) is 3. The van der Waals surface area contributed by atoms with Gasteiger partial charge in [0, 0.05) is 10.4 Å². The van der Waals surface area contributed by atoms with Crippen molar-refractivity contribution in [2.24, 2.45) is 0 Å². The zero-order valence-corrected chi connectivity index (χ0v) is 10.1. The van der Waals surface area contributed by atoms with Crippen LogP contribution >= 0.6 is 11.3 Å². The Balaban J connectivity index is 2.53. The Morgan fingerprint density at radius 3 is 2.81 bits per heavy atom. The molecule has 0 saturated heterocycles. The lowest BCUT2D eigenvalue weighted by atomic mass is 10.1. The molecule has 2 aromatic rings. The third-order valence-electron chi connectivity index (χ3n) is 2.47. The van der Waals surface area contributed by atoms with E-state index in [2.05, 4.69) is 11.9 Å². The average molecular weight is 236 g/mol. The van der Waals surface area contributed by atoms with Crippen LogP contribution in [0.25, 0.3) is 11.3 Å². The van der Waals surface area contributed by atoms with Gasteiger partial charge in [0.1, 0.15) is 5.82 Å². The third-order valence-corrected chi connectivity index (χ3v) is 3.50. The van der Waals surface area contributed by atoms with E-state index in [-0.39, 0.29) is 5.82 Å². The minimum Gasteiger partial charge on any atom is -0.375 e. The van der Waals surface area contributed by atoms with Gasteiger partial charge >= 0.3 is 0 Å². The first kappa shape index (κ1) is 11.1. The minimum absolute atomic E-state index is 0.190. The molecule has 0 amide bonds. The second-order valence-electron chi connectivity index (χ2n) is 3.64. The van der Waals surface area contributed by atoms with E-state index in [0.717, 1.165) is 22.6 Å². The first-order valence-electron chi connectivity index (χ1n) is 5.13. The molecule has 0 spiro atoms. The van der Waals surface area contributed by atoms with Crippen molar-refractivity contribution in [3.8, 4) is 11.3 Å². The fourth-order valence-corrected chi connectivity index (χ4v) is 2.42. The predicted octanol–water partition coefficient (Wildman–Crippen LogP) is 3.40. The third kappa shape index (κ3) is 1.93. The number of nitrogens with zero attached hydrogens (tertiary/aromatic N) is 1. The molecule has 0 aliphatic heterocycles. The summed E-state index contributed by atoms with van der Waals surface area (Å²) >= 11 is 1.49. The molecule has 0 fully saturated rings. The molecule has 0 bridgehead atoms. The SMILES string of the molecule is CCc1sc(N)nc1-c1ccc(F)c(C)c1. The highest BCUT2D eigenvalue weighted by Gasteiger charge is 2.11. The molecule has 2 N–H and O–H groups in total. The molecule has 1 aromatic heterocycles. The highest BCUT2D eigenvalue weighted by molar-refractivity contribution is 7.15. The van der Waals surface area contributed by atoms with Crippen LogP contribution < -0.4 is 5.73 Å². The molecule has 2 nitrogen and oxygen atoms in total. The molecule has 4 heteroatoms. The van der Waals surface area contributed by atoms with Crippen LogP contribution in [0.2, 0.25) is 0 Å². The normalized spacial score (nSPS) is 10.7. The first-order valence-corrected chi connectivity index (χ1v) is 5.95. The van der Waals surface area contributed by atoms with Gasteiger partial charge in [-0.2, -0.15) is 0 Å². The van der Waals surface area contributed by atoms with Crippen LogP contribution in [0.15, 0.2) is 18.2 Å². The molecule has 0 aliphatic rings. The predicted molar refractivity (Wildman–Crippen MR) is 66.0 cm³/mol. The second kappa shape index (κ2) is 4.22. The molecule has 16 heavy (non-hydrogen) atoms. The summed E-state index contributed by atoms with van der Waals surface area (Å²) in [7, 11) is 0. The summed E-state index contributed by atoms with van der Waals surface area (Å²) in [5.74, 6) is -0.190. The summed E-state index contributed by atoms with van der Waals surface area (Å²) in [6, 6.07) is 5.03. The van der Waals surface area contributed by atoms with Crippen molar-refractivity contribution in [3.63, 3.8) is 0 Å². The molecule has 1 heterocycles. The zero-order valence-electron chi connectivity index (χ0n) is 9.25. The molecule has 0 unspecified atom stereocenters. The van der Waals surface area contributed by atoms with Crippen molar-refractivity contribution in [1.82, 2.24) is 4.98 Å². The summed E-state index contributed by atoms with van der Waals surface area (Å²) < 4.78 is 13.2. The van der Waals surface area contributed by atoms with Gasteiger partial charge < -0.3 is 5.73 Å². The first-order chi connectivity index (χ1) is 7.61. The summed E-state index contributed by atoms with van der Waals surface area (Å²) in [6.07, 6.45) is 0.890. The van der Waals surface area contributed by atoms with Crippen LogP contribution in [0.4, 0.5) is 9.52 Å². The molecule has 0 aliphatic carbocycles. The zero-order chi connectivity index (χ0) is 11.7. The van der Waals surface area contributed by atoms with E-state index in [4.69, 9.17) is 5.73 Å². The van der Waals surface area contributed by atoms with Crippen LogP contribution in [0.5, 0.6) is 0 Å². The number of hydrogen-bond donors (Lipinski definition) is 1. The minimum atomic E-state index is -0.190. The van der Waals surface area contributed by atoms with E-state index < -0.39 is 0 Å². The van der Waals surface area contributed by atoms with Crippen molar-refractivity contribution in [3.05, 3.63) is 34.5 Å². The van der Waals surface area contributed by atoms with Gasteiger partial charge in [-0.25, -0.2) is 9.37 Å². The van der Waals surface area contributed by atoms with Gasteiger partial charge in [0.05, 0.1) is 5.69 Å². The Labute approximate surface area is 97.9 Å². The van der Waals surface area contributed by atoms with Gasteiger partial charge in [0.2, 0.25) is 0 Å². The maximum Gasteiger partial charge on any atom is 0.180 e. The smallest absolute Gasteiger partial charge is 0.180 e. The number of anilines is 1. The molecule has 0 atom stereocenters. The van der Waals surface area contributed by atoms with Gasteiger partial charge in [0.15, 0.2) is 5.13 Å². The number of aryl methyl sites for hydroxylation is 2. The van der Waals surface area contributed by atoms with Crippen molar-refractivity contribution >= 4 is 16.5 Å². The van der Waals surface area contributed by atoms with Crippen LogP contribution in [0.3, 0.4) is 0 Å². The number of nitrogen functional groups attached to an aromatic ring is 1. The van der Waals surface area contributed by atoms with E-state index in [1.807, 2.05) is 6.07 Å². The lowest BCUT2D eigenvalue weighted by molar-refractivity contribution is 0.619. The quantitative estimate of drug-likeness (QED) is 0.868. The van der Waals surface area contributed by atoms with Crippen molar-refractivity contribution < 1.29 is 4.39 Å². The number of aromatic nitrogens is 1. The van der Waals surface area contributed by atoms with Crippen molar-refractivity contribution in [1.29, 1.82) is 0 Å². The summed E-state index contributed by atoms with van der Waals surface area (Å²) in [6.45, 7) is 3.81. The summed E-state index contributed by atoms with van der Waals surface area (Å²) in [5.41, 5.74) is 8.14. The Bertz CT molecular complexity index is 520. The fraction of sp³-hybridized carbons (Fsp3) is 0.250. The van der Waals surface area contributed by atoms with Gasteiger partial charge in [-0.15, -0.1) is 11.3 Å². The highest BCUT2D eigenvalue weighted by atomic mass is 32.1. The molecule has 0 radical (unpaired) electrons. The van der Waals surface area contributed by atoms with E-state index >= 15 is 0 Å². The van der Waals surface area contributed by atoms with E-state index in [9.17, 15) is 4.39 Å². The number of thiazole rings is 1. The summed E-state index contributed by atoms with van der Waals surface area (Å²) in [5, 5.41) is 0.564. The van der Waals surface area contributed by atoms with Crippen LogP contribution in [0, 0.1) is 12.7 Å². The van der Waals surface area contributed by atoms with E-state index in [1.165, 1.54) is 17.4 Å². The van der Waals surface area contributed by atoms with Gasteiger partial charge in [-0.05, 0) is 37.1 Å². The topological polar surface area (TPSA) is 38.9 Å². The standard InChI is InChI=1S/C12H13FN2S/c1-3-10-11(15-12(14)16-10)8-4-5-9(13)7(2)6-8/h4-6H,3H2,1-2H3,(H2,14,15). The van der Waals surface area contributed by atoms with Gasteiger partial charge in [0.25, 0.3) is 0 Å². The number of nitrogens with two attached hydrogens (primary N) is 1. The Morgan fingerprint density at radius 1 is 1.44 bits per heavy atom. The van der Waals surface area contributed by atoms with E-state index in [1.54, 1.807) is 13.0 Å². The van der Waals surface area contributed by atoms with Crippen LogP contribution in [0.1, 0.15) is 17.4 Å². The maximum atomic E-state index is 13.2. The van der Waals surface area contributed by atoms with Gasteiger partial charge in [-0.1, -0.05) is 6.92 Å². The molecule has 84 valence electrons. The molecule has 0 saturated carbocycles. The maximum absolute atomic E-state index is 13.2. The lowest BCUT2D eigenvalue weighted by Crippen LogP contribution is -1.88. The van der Waals surface area contributed by atoms with E-state index in [0.29, 0.717) is 10.7 Å². The highest BCUT2D eigenvalue weighted by Crippen LogP contribution is 2.30. The lowest BCUT2D eigenvalue weighted by Gasteiger charge is -2.02. The molecular weight excluding hydrogens is 223 g/mol. The van der Waals surface area contributed by atoms with Crippen LogP contribution in [-0.2, 0) is 6.42 Å². The second-order valence-corrected chi connectivity index (χ2v) is 4.76. The Hall–Kier alpha value is -1.42. The Kier molecular flexibility index (Phi) is 2.92. The molecule has 1 aromatic carbocycles. The van der Waals surface area contributed by atoms with Crippen molar-refractivity contribution in [2.75, 3.05) is 5.73 Å². The average Bonchev–Trinajstić information content (AvgIpc) is 2.63. The monoisotopic (exact) mass is 236 g/mol. The molecular formula is C12H13FN2S. The fourth-order valence-electron chi connectivity index (χ4n) is 1.63. The summed E-state index contributed by atoms with van der Waals surface area (Å²) in [4.78, 5) is 5.44.